The van der Waals surface area contributed by atoms with E-state index in [2.05, 4.69) is 0 Å². The van der Waals surface area contributed by atoms with Crippen molar-refractivity contribution >= 4 is 43.5 Å². The molecule has 0 aliphatic rings. The van der Waals surface area contributed by atoms with Crippen molar-refractivity contribution in [3.05, 3.63) is 169 Å². The molecule has 210 valence electrons. The van der Waals surface area contributed by atoms with Crippen LogP contribution in [0.5, 0.6) is 0 Å². The van der Waals surface area contributed by atoms with E-state index in [1.54, 1.807) is 0 Å². The highest BCUT2D eigenvalue weighted by molar-refractivity contribution is 6.24. The normalized spacial score (nSPS) is 20.0. The first kappa shape index (κ1) is 10.3. The van der Waals surface area contributed by atoms with Crippen LogP contribution in [0.2, 0.25) is 0 Å². The van der Waals surface area contributed by atoms with Crippen LogP contribution in [0.3, 0.4) is 0 Å². The van der Waals surface area contributed by atoms with Crippen LogP contribution >= 0.6 is 0 Å². The van der Waals surface area contributed by atoms with E-state index in [0.29, 0.717) is 0 Å². The zero-order valence-electron chi connectivity index (χ0n) is 49.5. The summed E-state index contributed by atoms with van der Waals surface area (Å²) in [5, 5.41) is -3.55. The molecule has 0 unspecified atom stereocenters. The van der Waals surface area contributed by atoms with Crippen molar-refractivity contribution in [1.82, 2.24) is 0 Å². The highest BCUT2D eigenvalue weighted by atomic mass is 16.3. The Morgan fingerprint density at radius 2 is 0.889 bits per heavy atom. The van der Waals surface area contributed by atoms with E-state index in [1.165, 1.54) is 0 Å². The molecule has 0 radical (unpaired) electrons. The van der Waals surface area contributed by atoms with Crippen LogP contribution in [0.4, 0.5) is 0 Å². The predicted octanol–water partition coefficient (Wildman–Crippen LogP) is 12.6. The molecule has 0 aliphatic heterocycles. The Morgan fingerprint density at radius 3 is 1.53 bits per heavy atom. The number of furan rings is 1. The number of fused-ring (bicyclic) bond motifs is 5. The molecule has 9 aromatic rings. The molecule has 9 rings (SSSR count). The Kier molecular flexibility index (Phi) is 2.38. The smallest absolute Gasteiger partial charge is 0.143 e. The van der Waals surface area contributed by atoms with Crippen molar-refractivity contribution in [2.75, 3.05) is 0 Å². The maximum atomic E-state index is 9.61. The lowest BCUT2D eigenvalue weighted by Crippen LogP contribution is -1.91. The zero-order valence-corrected chi connectivity index (χ0v) is 22.5. The van der Waals surface area contributed by atoms with E-state index in [9.17, 15) is 11.0 Å². The van der Waals surface area contributed by atoms with Gasteiger partial charge in [0, 0.05) is 21.9 Å². The Morgan fingerprint density at radius 1 is 0.356 bits per heavy atom. The third kappa shape index (κ3) is 4.17. The molecule has 1 aromatic heterocycles. The molecule has 0 atom stereocenters. The Bertz CT molecular complexity index is 3920. The third-order valence-electron chi connectivity index (χ3n) is 7.14. The summed E-state index contributed by atoms with van der Waals surface area (Å²) in [6, 6.07) is -23.5. The number of hydrogen-bond donors (Lipinski definition) is 0. The van der Waals surface area contributed by atoms with E-state index in [0.717, 1.165) is 6.07 Å². The summed E-state index contributed by atoms with van der Waals surface area (Å²) in [5.41, 5.74) is -6.83. The maximum Gasteiger partial charge on any atom is 0.143 e. The zero-order chi connectivity index (χ0) is 53.2. The van der Waals surface area contributed by atoms with Gasteiger partial charge in [0.05, 0.1) is 37.0 Å². The molecule has 0 spiro atoms. The fraction of sp³-hybridized carbons (Fsp3) is 0. The van der Waals surface area contributed by atoms with Crippen molar-refractivity contribution < 1.29 is 41.4 Å². The van der Waals surface area contributed by atoms with Gasteiger partial charge in [0.1, 0.15) is 11.2 Å². The van der Waals surface area contributed by atoms with Crippen LogP contribution in [0.25, 0.3) is 88.0 Å². The van der Waals surface area contributed by atoms with Crippen LogP contribution in [0, 0.1) is 0 Å². The van der Waals surface area contributed by atoms with Crippen LogP contribution in [0.15, 0.2) is 174 Å². The molecule has 0 N–H and O–H groups in total. The summed E-state index contributed by atoms with van der Waals surface area (Å²) < 4.78 is 246. The molecule has 0 bridgehead atoms. The molecule has 8 aromatic carbocycles. The lowest BCUT2D eigenvalue weighted by molar-refractivity contribution is 0.670. The summed E-state index contributed by atoms with van der Waals surface area (Å²) in [6.45, 7) is 0. The average Bonchev–Trinajstić information content (AvgIpc) is 3.73. The molecule has 45 heavy (non-hydrogen) atoms. The van der Waals surface area contributed by atoms with E-state index in [1.807, 2.05) is 0 Å². The molecule has 0 fully saturated rings. The Labute approximate surface area is 299 Å². The summed E-state index contributed by atoms with van der Waals surface area (Å²) in [5.74, 6) is 0. The first-order valence-corrected chi connectivity index (χ1v) is 13.2. The maximum absolute atomic E-state index is 9.61. The molecule has 1 heteroatoms. The molecule has 0 saturated heterocycles. The van der Waals surface area contributed by atoms with Gasteiger partial charge in [0.25, 0.3) is 0 Å². The van der Waals surface area contributed by atoms with Crippen molar-refractivity contribution in [2.24, 2.45) is 0 Å². The third-order valence-corrected chi connectivity index (χ3v) is 7.14. The second-order valence-electron chi connectivity index (χ2n) is 9.59. The van der Waals surface area contributed by atoms with E-state index in [4.69, 9.17) is 30.5 Å². The van der Waals surface area contributed by atoms with E-state index < -0.39 is 246 Å². The largest absolute Gasteiger partial charge is 0.455 e. The van der Waals surface area contributed by atoms with Crippen LogP contribution in [-0.4, -0.2) is 0 Å². The van der Waals surface area contributed by atoms with Crippen LogP contribution in [0.1, 0.15) is 37.0 Å². The van der Waals surface area contributed by atoms with Crippen molar-refractivity contribution in [3.63, 3.8) is 0 Å². The fourth-order valence-electron chi connectivity index (χ4n) is 5.26. The second-order valence-corrected chi connectivity index (χ2v) is 9.59. The summed E-state index contributed by atoms with van der Waals surface area (Å²) in [4.78, 5) is 0. The molecular formula is C44H28O. The van der Waals surface area contributed by atoms with Crippen LogP contribution in [-0.2, 0) is 0 Å². The minimum atomic E-state index is -1.04. The molecule has 0 amide bonds. The minimum absolute atomic E-state index is 0.310. The molecule has 0 aliphatic carbocycles. The van der Waals surface area contributed by atoms with Crippen molar-refractivity contribution in [1.29, 1.82) is 0 Å². The highest BCUT2D eigenvalue weighted by Gasteiger charge is 2.20. The number of para-hydroxylation sites is 1. The van der Waals surface area contributed by atoms with Gasteiger partial charge in [-0.2, -0.15) is 0 Å². The topological polar surface area (TPSA) is 13.1 Å². The SMILES string of the molecule is [2H]c1cc2c(oc3c([2H])c([2H])c(-c4c([2H])c([2H])c([2H])c([2H])c4[2H])c([2H])c32)c(-c2c3c([2H])c([2H])c([2H])c([2H])c3c(-c3c([2H])c([2H])c([2H])c(-c4c([2H])c([2H])c([2H])c([2H])c4[2H])c3[2H])c3c([2H])c([2H])c([2H])c([2H])c23)c1[2H]. The Balaban J connectivity index is 1.57. The summed E-state index contributed by atoms with van der Waals surface area (Å²) in [7, 11) is 0. The van der Waals surface area contributed by atoms with Gasteiger partial charge in [-0.25, -0.2) is 0 Å². The molecule has 1 heterocycles. The number of benzene rings is 8. The van der Waals surface area contributed by atoms with Gasteiger partial charge in [0.15, 0.2) is 0 Å². The average molecular weight is 600 g/mol. The first-order valence-electron chi connectivity index (χ1n) is 26.7. The predicted molar refractivity (Wildman–Crippen MR) is 190 cm³/mol. The highest BCUT2D eigenvalue weighted by Crippen LogP contribution is 2.47. The van der Waals surface area contributed by atoms with E-state index in [-0.39, 0.29) is 5.39 Å². The standard InChI is InChI=1S/C44H28O/c1-3-13-29(14-4-1)31-17-11-18-33(27-31)42-34-19-7-9-21-36(34)43(37-22-10-8-20-35(37)42)39-24-12-23-38-40-28-32(30-15-5-2-6-16-30)25-26-41(40)45-44(38)39/h1-28H/i1D,2D,3D,4D,5D,6D,7D,8D,9D,10D,11D,12D,13D,14D,15D,16D,17D,18D,19D,20D,21D,22D,24D,25D,26D,27D,28D. The van der Waals surface area contributed by atoms with Gasteiger partial charge in [0.2, 0.25) is 0 Å². The van der Waals surface area contributed by atoms with E-state index >= 15 is 0 Å². The summed E-state index contributed by atoms with van der Waals surface area (Å²) in [6.07, 6.45) is 0. The van der Waals surface area contributed by atoms with Gasteiger partial charge in [-0.05, 0) is 73.1 Å². The molecular weight excluding hydrogens is 544 g/mol. The first-order chi connectivity index (χ1) is 33.6. The van der Waals surface area contributed by atoms with Gasteiger partial charge < -0.3 is 4.42 Å². The van der Waals surface area contributed by atoms with Gasteiger partial charge in [-0.3, -0.25) is 0 Å². The quantitative estimate of drug-likeness (QED) is 0.183. The summed E-state index contributed by atoms with van der Waals surface area (Å²) >= 11 is 0. The van der Waals surface area contributed by atoms with Crippen LogP contribution < -0.4 is 0 Å². The lowest BCUT2D eigenvalue weighted by atomic mass is 9.85. The van der Waals surface area contributed by atoms with Gasteiger partial charge in [-0.1, -0.05) is 151 Å². The number of hydrogen-bond acceptors (Lipinski definition) is 1. The molecule has 1 nitrogen and oxygen atoms in total. The molecule has 0 saturated carbocycles. The van der Waals surface area contributed by atoms with Gasteiger partial charge >= 0.3 is 0 Å². The second kappa shape index (κ2) is 10.4. The minimum Gasteiger partial charge on any atom is -0.455 e. The monoisotopic (exact) mass is 599 g/mol. The van der Waals surface area contributed by atoms with Crippen molar-refractivity contribution in [3.8, 4) is 44.5 Å². The lowest BCUT2D eigenvalue weighted by Gasteiger charge is -2.18. The van der Waals surface area contributed by atoms with Crippen molar-refractivity contribution in [2.45, 2.75) is 0 Å². The van der Waals surface area contributed by atoms with Gasteiger partial charge in [-0.15, -0.1) is 0 Å². The Hall–Kier alpha value is -5.92. The fourth-order valence-corrected chi connectivity index (χ4v) is 5.26. The number of rotatable bonds is 4.